The summed E-state index contributed by atoms with van der Waals surface area (Å²) < 4.78 is 0. The van der Waals surface area contributed by atoms with Crippen molar-refractivity contribution in [2.45, 2.75) is 6.04 Å². The number of hydrogen-bond donors (Lipinski definition) is 3. The number of aromatic nitrogens is 1. The Labute approximate surface area is 198 Å². The van der Waals surface area contributed by atoms with Crippen molar-refractivity contribution in [2.75, 3.05) is 4.90 Å². The SMILES string of the molecule is O=C1C(=O)N(c2ccc(Cl)cc2)C(c2ccc(O)c(Cl)c2)/C1=C(/O)c1c[nH]c2ccccc12. The maximum atomic E-state index is 13.2. The van der Waals surface area contributed by atoms with Gasteiger partial charge < -0.3 is 15.2 Å². The minimum Gasteiger partial charge on any atom is -0.507 e. The summed E-state index contributed by atoms with van der Waals surface area (Å²) in [4.78, 5) is 30.8. The van der Waals surface area contributed by atoms with Gasteiger partial charge in [0.2, 0.25) is 0 Å². The Balaban J connectivity index is 1.77. The van der Waals surface area contributed by atoms with Crippen LogP contribution in [0.5, 0.6) is 5.75 Å². The summed E-state index contributed by atoms with van der Waals surface area (Å²) in [5.41, 5.74) is 1.97. The molecule has 1 amide bonds. The van der Waals surface area contributed by atoms with E-state index in [1.165, 1.54) is 17.0 Å². The largest absolute Gasteiger partial charge is 0.507 e. The number of aromatic amines is 1. The third-order valence-electron chi connectivity index (χ3n) is 5.68. The van der Waals surface area contributed by atoms with Crippen molar-refractivity contribution < 1.29 is 19.8 Å². The van der Waals surface area contributed by atoms with Crippen LogP contribution in [0.3, 0.4) is 0 Å². The number of nitrogens with zero attached hydrogens (tertiary/aromatic N) is 1. The van der Waals surface area contributed by atoms with Crippen molar-refractivity contribution in [1.29, 1.82) is 0 Å². The highest BCUT2D eigenvalue weighted by atomic mass is 35.5. The molecule has 1 aliphatic heterocycles. The van der Waals surface area contributed by atoms with E-state index >= 15 is 0 Å². The monoisotopic (exact) mass is 478 g/mol. The molecule has 5 rings (SSSR count). The summed E-state index contributed by atoms with van der Waals surface area (Å²) in [6.45, 7) is 0. The van der Waals surface area contributed by atoms with Crippen LogP contribution in [0.2, 0.25) is 10.0 Å². The van der Waals surface area contributed by atoms with Gasteiger partial charge in [0.15, 0.2) is 0 Å². The number of amides is 1. The molecular formula is C25H16Cl2N2O4. The van der Waals surface area contributed by atoms with Gasteiger partial charge in [-0.2, -0.15) is 0 Å². The summed E-state index contributed by atoms with van der Waals surface area (Å²) in [6, 6.07) is 17.2. The Morgan fingerprint density at radius 3 is 2.42 bits per heavy atom. The number of anilines is 1. The summed E-state index contributed by atoms with van der Waals surface area (Å²) in [6.07, 6.45) is 1.59. The van der Waals surface area contributed by atoms with Crippen LogP contribution in [0.25, 0.3) is 16.7 Å². The van der Waals surface area contributed by atoms with Gasteiger partial charge in [-0.3, -0.25) is 14.5 Å². The molecule has 0 spiro atoms. The Bertz CT molecular complexity index is 1460. The molecule has 0 radical (unpaired) electrons. The second kappa shape index (κ2) is 7.99. The molecule has 8 heteroatoms. The van der Waals surface area contributed by atoms with Gasteiger partial charge in [0.1, 0.15) is 11.5 Å². The van der Waals surface area contributed by atoms with Gasteiger partial charge in [0, 0.05) is 33.4 Å². The molecule has 1 fully saturated rings. The minimum atomic E-state index is -0.974. The Hall–Kier alpha value is -3.74. The topological polar surface area (TPSA) is 93.6 Å². The zero-order chi connectivity index (χ0) is 23.3. The molecule has 0 aliphatic carbocycles. The molecule has 33 heavy (non-hydrogen) atoms. The van der Waals surface area contributed by atoms with Crippen molar-refractivity contribution in [3.63, 3.8) is 0 Å². The third kappa shape index (κ3) is 3.44. The van der Waals surface area contributed by atoms with E-state index in [1.54, 1.807) is 36.5 Å². The van der Waals surface area contributed by atoms with Gasteiger partial charge in [-0.25, -0.2) is 0 Å². The molecule has 3 aromatic carbocycles. The lowest BCUT2D eigenvalue weighted by Crippen LogP contribution is -2.29. The van der Waals surface area contributed by atoms with Crippen LogP contribution in [-0.4, -0.2) is 26.9 Å². The zero-order valence-electron chi connectivity index (χ0n) is 16.9. The van der Waals surface area contributed by atoms with Crippen molar-refractivity contribution in [2.24, 2.45) is 0 Å². The molecule has 1 saturated heterocycles. The fourth-order valence-electron chi connectivity index (χ4n) is 4.12. The molecule has 3 N–H and O–H groups in total. The first kappa shape index (κ1) is 21.1. The zero-order valence-corrected chi connectivity index (χ0v) is 18.4. The fraction of sp³-hybridized carbons (Fsp3) is 0.0400. The first-order chi connectivity index (χ1) is 15.9. The summed E-state index contributed by atoms with van der Waals surface area (Å²) in [7, 11) is 0. The summed E-state index contributed by atoms with van der Waals surface area (Å²) in [5.74, 6) is -2.08. The molecule has 0 bridgehead atoms. The lowest BCUT2D eigenvalue weighted by atomic mass is 9.95. The van der Waals surface area contributed by atoms with Gasteiger partial charge in [-0.05, 0) is 48.0 Å². The number of fused-ring (bicyclic) bond motifs is 1. The van der Waals surface area contributed by atoms with Crippen LogP contribution in [0, 0.1) is 0 Å². The third-order valence-corrected chi connectivity index (χ3v) is 6.24. The second-order valence-electron chi connectivity index (χ2n) is 7.60. The normalized spacial score (nSPS) is 17.8. The van der Waals surface area contributed by atoms with E-state index in [0.29, 0.717) is 27.2 Å². The van der Waals surface area contributed by atoms with E-state index in [4.69, 9.17) is 23.2 Å². The van der Waals surface area contributed by atoms with E-state index in [9.17, 15) is 19.8 Å². The van der Waals surface area contributed by atoms with Gasteiger partial charge in [-0.15, -0.1) is 0 Å². The van der Waals surface area contributed by atoms with Crippen molar-refractivity contribution >= 4 is 57.2 Å². The average Bonchev–Trinajstić information content (AvgIpc) is 3.35. The van der Waals surface area contributed by atoms with Crippen LogP contribution < -0.4 is 4.90 Å². The number of aliphatic hydroxyl groups is 1. The molecule has 2 heterocycles. The number of carbonyl (C=O) groups excluding carboxylic acids is 2. The molecule has 0 saturated carbocycles. The minimum absolute atomic E-state index is 0.0567. The predicted octanol–water partition coefficient (Wildman–Crippen LogP) is 5.81. The van der Waals surface area contributed by atoms with E-state index in [2.05, 4.69) is 4.98 Å². The smallest absolute Gasteiger partial charge is 0.300 e. The maximum Gasteiger partial charge on any atom is 0.300 e. The quantitative estimate of drug-likeness (QED) is 0.197. The molecule has 1 aromatic heterocycles. The number of halogens is 2. The molecule has 6 nitrogen and oxygen atoms in total. The number of Topliss-reactive ketones (excluding diaryl/α,β-unsaturated/α-hetero) is 1. The molecule has 1 unspecified atom stereocenters. The van der Waals surface area contributed by atoms with Crippen molar-refractivity contribution in [3.8, 4) is 5.75 Å². The molecule has 1 aliphatic rings. The van der Waals surface area contributed by atoms with E-state index in [0.717, 1.165) is 5.52 Å². The maximum absolute atomic E-state index is 13.2. The first-order valence-electron chi connectivity index (χ1n) is 9.98. The molecule has 164 valence electrons. The standard InChI is InChI=1S/C25H16Cl2N2O4/c26-14-6-8-15(9-7-14)29-22(13-5-10-20(30)18(27)11-13)21(24(32)25(29)33)23(31)17-12-28-19-4-2-1-3-16(17)19/h1-12,22,28,30-31H/b23-21-. The number of phenolic OH excluding ortho intramolecular Hbond substituents is 1. The number of rotatable bonds is 3. The Morgan fingerprint density at radius 2 is 1.70 bits per heavy atom. The number of aliphatic hydroxyl groups excluding tert-OH is 1. The number of carbonyl (C=O) groups is 2. The molecule has 1 atom stereocenters. The lowest BCUT2D eigenvalue weighted by molar-refractivity contribution is -0.132. The highest BCUT2D eigenvalue weighted by Crippen LogP contribution is 2.44. The predicted molar refractivity (Wildman–Crippen MR) is 128 cm³/mol. The highest BCUT2D eigenvalue weighted by Gasteiger charge is 2.47. The number of para-hydroxylation sites is 1. The summed E-state index contributed by atoms with van der Waals surface area (Å²) in [5, 5.41) is 22.4. The number of ketones is 1. The van der Waals surface area contributed by atoms with E-state index in [-0.39, 0.29) is 22.1 Å². The second-order valence-corrected chi connectivity index (χ2v) is 8.45. The number of nitrogens with one attached hydrogen (secondary N) is 1. The van der Waals surface area contributed by atoms with Crippen LogP contribution in [0.4, 0.5) is 5.69 Å². The van der Waals surface area contributed by atoms with Crippen LogP contribution in [0.15, 0.2) is 78.5 Å². The number of phenols is 1. The summed E-state index contributed by atoms with van der Waals surface area (Å²) >= 11 is 12.2. The molecular weight excluding hydrogens is 463 g/mol. The highest BCUT2D eigenvalue weighted by molar-refractivity contribution is 6.52. The van der Waals surface area contributed by atoms with Crippen molar-refractivity contribution in [1.82, 2.24) is 4.98 Å². The van der Waals surface area contributed by atoms with Gasteiger partial charge in [0.05, 0.1) is 16.6 Å². The number of aromatic hydroxyl groups is 1. The van der Waals surface area contributed by atoms with Gasteiger partial charge in [0.25, 0.3) is 11.7 Å². The Kier molecular flexibility index (Phi) is 5.12. The van der Waals surface area contributed by atoms with Crippen LogP contribution in [-0.2, 0) is 9.59 Å². The number of hydrogen-bond acceptors (Lipinski definition) is 4. The van der Waals surface area contributed by atoms with Crippen LogP contribution in [0.1, 0.15) is 17.2 Å². The molecule has 4 aromatic rings. The lowest BCUT2D eigenvalue weighted by Gasteiger charge is -2.25. The Morgan fingerprint density at radius 1 is 0.970 bits per heavy atom. The van der Waals surface area contributed by atoms with Gasteiger partial charge >= 0.3 is 0 Å². The van der Waals surface area contributed by atoms with E-state index < -0.39 is 17.7 Å². The van der Waals surface area contributed by atoms with Gasteiger partial charge in [-0.1, -0.05) is 47.5 Å². The number of benzene rings is 3. The van der Waals surface area contributed by atoms with E-state index in [1.807, 2.05) is 24.3 Å². The fourth-order valence-corrected chi connectivity index (χ4v) is 4.44. The van der Waals surface area contributed by atoms with Crippen LogP contribution >= 0.6 is 23.2 Å². The van der Waals surface area contributed by atoms with Crippen molar-refractivity contribution in [3.05, 3.63) is 99.7 Å². The first-order valence-corrected chi connectivity index (χ1v) is 10.7. The average molecular weight is 479 g/mol. The number of H-pyrrole nitrogens is 1.